The number of aromatic nitrogens is 1. The largest absolute Gasteiger partial charge is 0.481 e. The Labute approximate surface area is 242 Å². The molecule has 1 aromatic carbocycles. The molecule has 3 amide bonds. The van der Waals surface area contributed by atoms with Crippen molar-refractivity contribution >= 4 is 46.5 Å². The van der Waals surface area contributed by atoms with Gasteiger partial charge in [0.1, 0.15) is 18.1 Å². The Kier molecular flexibility index (Phi) is 12.7. The average Bonchev–Trinajstić information content (AvgIpc) is 3.31. The highest BCUT2D eigenvalue weighted by atomic mass is 16.4. The van der Waals surface area contributed by atoms with Crippen LogP contribution in [0, 0.1) is 5.92 Å². The molecule has 2 rings (SSSR count). The molecule has 15 nitrogen and oxygen atoms in total. The van der Waals surface area contributed by atoms with Crippen LogP contribution < -0.4 is 33.2 Å². The topological polar surface area (TPSA) is 268 Å². The van der Waals surface area contributed by atoms with Crippen LogP contribution in [0.5, 0.6) is 0 Å². The van der Waals surface area contributed by atoms with E-state index in [9.17, 15) is 29.1 Å². The van der Waals surface area contributed by atoms with Crippen LogP contribution >= 0.6 is 0 Å². The summed E-state index contributed by atoms with van der Waals surface area (Å²) in [5, 5.41) is 27.0. The first kappa shape index (κ1) is 33.5. The maximum Gasteiger partial charge on any atom is 0.326 e. The summed E-state index contributed by atoms with van der Waals surface area (Å²) in [6.07, 6.45) is 1.48. The second kappa shape index (κ2) is 16.0. The summed E-state index contributed by atoms with van der Waals surface area (Å²) >= 11 is 0. The third-order valence-electron chi connectivity index (χ3n) is 6.36. The number of carbonyl (C=O) groups is 5. The molecule has 230 valence electrons. The van der Waals surface area contributed by atoms with E-state index in [0.717, 1.165) is 10.9 Å². The summed E-state index contributed by atoms with van der Waals surface area (Å²) in [7, 11) is 0. The number of nitrogens with zero attached hydrogens (tertiary/aromatic N) is 1. The minimum atomic E-state index is -1.42. The van der Waals surface area contributed by atoms with Crippen molar-refractivity contribution in [2.75, 3.05) is 6.54 Å². The molecule has 0 saturated carbocycles. The van der Waals surface area contributed by atoms with Crippen LogP contribution in [0.3, 0.4) is 0 Å². The molecular weight excluding hydrogens is 548 g/mol. The molecule has 1 aromatic heterocycles. The Bertz CT molecular complexity index is 1290. The molecule has 0 fully saturated rings. The molecule has 12 N–H and O–H groups in total. The van der Waals surface area contributed by atoms with Gasteiger partial charge in [0.05, 0.1) is 12.5 Å². The molecule has 4 atom stereocenters. The zero-order valence-electron chi connectivity index (χ0n) is 23.6. The van der Waals surface area contributed by atoms with Crippen LogP contribution in [-0.4, -0.2) is 81.5 Å². The number of nitrogens with two attached hydrogens (primary N) is 3. The van der Waals surface area contributed by atoms with Gasteiger partial charge in [-0.2, -0.15) is 0 Å². The van der Waals surface area contributed by atoms with Gasteiger partial charge in [-0.05, 0) is 36.8 Å². The molecule has 0 aliphatic heterocycles. The third kappa shape index (κ3) is 10.7. The highest BCUT2D eigenvalue weighted by Gasteiger charge is 2.31. The van der Waals surface area contributed by atoms with Gasteiger partial charge in [-0.15, -0.1) is 0 Å². The first-order chi connectivity index (χ1) is 19.8. The fourth-order valence-corrected chi connectivity index (χ4v) is 4.30. The van der Waals surface area contributed by atoms with Gasteiger partial charge in [0, 0.05) is 30.1 Å². The first-order valence-electron chi connectivity index (χ1n) is 13.5. The number of hydrogen-bond donors (Lipinski definition) is 9. The quantitative estimate of drug-likeness (QED) is 0.0627. The molecule has 0 aliphatic rings. The van der Waals surface area contributed by atoms with Crippen LogP contribution in [-0.2, 0) is 30.4 Å². The van der Waals surface area contributed by atoms with E-state index in [0.29, 0.717) is 5.56 Å². The molecule has 0 radical (unpaired) electrons. The standard InChI is InChI=1S/C27H40N8O7/c1-14(2)10-21(26(41)42)35-25(40)20(11-15-13-32-18-7-4-3-6-16(15)18)34-24(39)19(8-5-9-31-27(29)30)33-23(38)17(28)12-22(36)37/h3-4,6-7,13-14,17,19-21,32H,5,8-12,28H2,1-2H3,(H,33,38)(H,34,39)(H,35,40)(H,36,37)(H,41,42)(H4,29,30,31). The van der Waals surface area contributed by atoms with E-state index in [4.69, 9.17) is 22.3 Å². The van der Waals surface area contributed by atoms with Crippen LogP contribution in [0.1, 0.15) is 45.1 Å². The molecule has 0 aliphatic carbocycles. The number of H-pyrrole nitrogens is 1. The van der Waals surface area contributed by atoms with Crippen LogP contribution in [0.15, 0.2) is 35.5 Å². The maximum atomic E-state index is 13.5. The Morgan fingerprint density at radius 2 is 1.55 bits per heavy atom. The van der Waals surface area contributed by atoms with E-state index < -0.39 is 60.2 Å². The second-order valence-electron chi connectivity index (χ2n) is 10.4. The number of aliphatic carboxylic acids is 2. The van der Waals surface area contributed by atoms with Gasteiger partial charge in [0.15, 0.2) is 5.96 Å². The molecule has 2 aromatic rings. The monoisotopic (exact) mass is 588 g/mol. The number of benzene rings is 1. The van der Waals surface area contributed by atoms with Gasteiger partial charge in [0.2, 0.25) is 17.7 Å². The smallest absolute Gasteiger partial charge is 0.326 e. The minimum Gasteiger partial charge on any atom is -0.481 e. The van der Waals surface area contributed by atoms with E-state index in [2.05, 4.69) is 25.9 Å². The molecule has 42 heavy (non-hydrogen) atoms. The summed E-state index contributed by atoms with van der Waals surface area (Å²) in [6.45, 7) is 3.77. The number of hydrogen-bond acceptors (Lipinski definition) is 7. The van der Waals surface area contributed by atoms with E-state index in [1.165, 1.54) is 0 Å². The molecule has 0 spiro atoms. The highest BCUT2D eigenvalue weighted by molar-refractivity contribution is 5.95. The highest BCUT2D eigenvalue weighted by Crippen LogP contribution is 2.19. The van der Waals surface area contributed by atoms with Crippen molar-refractivity contribution < 1.29 is 34.2 Å². The minimum absolute atomic E-state index is 0.00278. The van der Waals surface area contributed by atoms with Crippen molar-refractivity contribution in [3.8, 4) is 0 Å². The van der Waals surface area contributed by atoms with E-state index in [-0.39, 0.29) is 44.1 Å². The van der Waals surface area contributed by atoms with Crippen LogP contribution in [0.2, 0.25) is 0 Å². The third-order valence-corrected chi connectivity index (χ3v) is 6.36. The van der Waals surface area contributed by atoms with Crippen molar-refractivity contribution in [1.82, 2.24) is 20.9 Å². The molecule has 4 unspecified atom stereocenters. The predicted octanol–water partition coefficient (Wildman–Crippen LogP) is -0.849. The van der Waals surface area contributed by atoms with Gasteiger partial charge >= 0.3 is 11.9 Å². The second-order valence-corrected chi connectivity index (χ2v) is 10.4. The van der Waals surface area contributed by atoms with Crippen LogP contribution in [0.4, 0.5) is 0 Å². The number of carboxylic acids is 2. The number of aliphatic imine (C=N–C) groups is 1. The van der Waals surface area contributed by atoms with E-state index >= 15 is 0 Å². The normalized spacial score (nSPS) is 13.9. The van der Waals surface area contributed by atoms with Crippen molar-refractivity contribution in [2.24, 2.45) is 28.1 Å². The van der Waals surface area contributed by atoms with E-state index in [1.807, 2.05) is 38.1 Å². The molecule has 1 heterocycles. The van der Waals surface area contributed by atoms with Gasteiger partial charge in [-0.3, -0.25) is 24.2 Å². The number of nitrogens with one attached hydrogen (secondary N) is 4. The van der Waals surface area contributed by atoms with Gasteiger partial charge in [0.25, 0.3) is 0 Å². The number of para-hydroxylation sites is 1. The maximum absolute atomic E-state index is 13.5. The SMILES string of the molecule is CC(C)CC(NC(=O)C(Cc1c[nH]c2ccccc12)NC(=O)C(CCCN=C(N)N)NC(=O)C(N)CC(=O)O)C(=O)O. The van der Waals surface area contributed by atoms with Crippen molar-refractivity contribution in [3.63, 3.8) is 0 Å². The van der Waals surface area contributed by atoms with E-state index in [1.54, 1.807) is 6.20 Å². The summed E-state index contributed by atoms with van der Waals surface area (Å²) < 4.78 is 0. The first-order valence-corrected chi connectivity index (χ1v) is 13.5. The molecular formula is C27H40N8O7. The summed E-state index contributed by atoms with van der Waals surface area (Å²) in [6, 6.07) is 2.27. The lowest BCUT2D eigenvalue weighted by molar-refractivity contribution is -0.142. The number of carboxylic acid groups (broad SMARTS) is 2. The number of carbonyl (C=O) groups excluding carboxylic acids is 3. The molecule has 0 saturated heterocycles. The molecule has 0 bridgehead atoms. The zero-order chi connectivity index (χ0) is 31.4. The lowest BCUT2D eigenvalue weighted by Gasteiger charge is -2.25. The fourth-order valence-electron chi connectivity index (χ4n) is 4.30. The Balaban J connectivity index is 2.34. The van der Waals surface area contributed by atoms with Gasteiger partial charge in [-0.25, -0.2) is 4.79 Å². The fraction of sp³-hybridized carbons (Fsp3) is 0.481. The number of aromatic amines is 1. The number of amides is 3. The zero-order valence-corrected chi connectivity index (χ0v) is 23.6. The summed E-state index contributed by atoms with van der Waals surface area (Å²) in [5.74, 6) is -5.06. The van der Waals surface area contributed by atoms with Crippen molar-refractivity contribution in [3.05, 3.63) is 36.0 Å². The Hall–Kier alpha value is -4.66. The number of fused-ring (bicyclic) bond motifs is 1. The predicted molar refractivity (Wildman–Crippen MR) is 155 cm³/mol. The number of rotatable bonds is 17. The average molecular weight is 589 g/mol. The van der Waals surface area contributed by atoms with Gasteiger partial charge < -0.3 is 48.3 Å². The lowest BCUT2D eigenvalue weighted by Crippen LogP contribution is -2.57. The van der Waals surface area contributed by atoms with Crippen molar-refractivity contribution in [1.29, 1.82) is 0 Å². The summed E-state index contributed by atoms with van der Waals surface area (Å²) in [5.41, 5.74) is 17.9. The summed E-state index contributed by atoms with van der Waals surface area (Å²) in [4.78, 5) is 69.3. The Morgan fingerprint density at radius 1 is 0.929 bits per heavy atom. The van der Waals surface area contributed by atoms with Gasteiger partial charge in [-0.1, -0.05) is 32.0 Å². The molecule has 15 heteroatoms. The Morgan fingerprint density at radius 3 is 2.17 bits per heavy atom. The van der Waals surface area contributed by atoms with Crippen LogP contribution in [0.25, 0.3) is 10.9 Å². The lowest BCUT2D eigenvalue weighted by atomic mass is 10.0. The number of guanidine groups is 1. The van der Waals surface area contributed by atoms with Crippen molar-refractivity contribution in [2.45, 2.75) is 70.1 Å².